The summed E-state index contributed by atoms with van der Waals surface area (Å²) >= 11 is 0. The molecule has 0 radical (unpaired) electrons. The highest BCUT2D eigenvalue weighted by Gasteiger charge is 2.17. The number of phenolic OH excluding ortho intramolecular Hbond substituents is 1. The van der Waals surface area contributed by atoms with Gasteiger partial charge in [-0.05, 0) is 29.8 Å². The maximum atomic E-state index is 12.4. The van der Waals surface area contributed by atoms with Gasteiger partial charge in [0.05, 0.1) is 38.0 Å². The van der Waals surface area contributed by atoms with Crippen molar-refractivity contribution in [1.82, 2.24) is 0 Å². The minimum absolute atomic E-state index is 0.0772. The van der Waals surface area contributed by atoms with Gasteiger partial charge < -0.3 is 24.6 Å². The van der Waals surface area contributed by atoms with E-state index >= 15 is 0 Å². The monoisotopic (exact) mass is 399 g/mol. The fourth-order valence-electron chi connectivity index (χ4n) is 2.43. The van der Waals surface area contributed by atoms with Gasteiger partial charge in [-0.25, -0.2) is 0 Å². The van der Waals surface area contributed by atoms with Gasteiger partial charge in [-0.1, -0.05) is 0 Å². The summed E-state index contributed by atoms with van der Waals surface area (Å²) < 4.78 is 15.7. The zero-order chi connectivity index (χ0) is 21.6. The van der Waals surface area contributed by atoms with E-state index in [2.05, 4.69) is 5.32 Å². The Morgan fingerprint density at radius 3 is 2.24 bits per heavy atom. The lowest BCUT2D eigenvalue weighted by Gasteiger charge is -2.13. The van der Waals surface area contributed by atoms with Crippen LogP contribution in [0.4, 0.5) is 11.4 Å². The van der Waals surface area contributed by atoms with Crippen molar-refractivity contribution in [2.45, 2.75) is 0 Å². The van der Waals surface area contributed by atoms with Crippen molar-refractivity contribution in [2.24, 2.45) is 0 Å². The number of nitro benzene ring substituents is 1. The van der Waals surface area contributed by atoms with Crippen molar-refractivity contribution >= 4 is 23.4 Å². The molecule has 0 fully saturated rings. The second-order valence-corrected chi connectivity index (χ2v) is 5.54. The first-order chi connectivity index (χ1) is 13.8. The lowest BCUT2D eigenvalue weighted by atomic mass is 10.1. The third-order valence-corrected chi connectivity index (χ3v) is 3.80. The number of nitrogens with one attached hydrogen (secondary N) is 1. The molecular formula is C19H17N3O7. The molecule has 2 rings (SSSR count). The van der Waals surface area contributed by atoms with Crippen LogP contribution in [0.25, 0.3) is 6.08 Å². The summed E-state index contributed by atoms with van der Waals surface area (Å²) in [7, 11) is 4.31. The van der Waals surface area contributed by atoms with Crippen LogP contribution in [0.3, 0.4) is 0 Å². The van der Waals surface area contributed by atoms with Crippen LogP contribution in [0.1, 0.15) is 5.56 Å². The van der Waals surface area contributed by atoms with Crippen molar-refractivity contribution in [3.05, 3.63) is 51.6 Å². The molecule has 10 nitrogen and oxygen atoms in total. The summed E-state index contributed by atoms with van der Waals surface area (Å²) in [5.74, 6) is -0.290. The van der Waals surface area contributed by atoms with Gasteiger partial charge in [0.1, 0.15) is 17.4 Å². The molecule has 0 spiro atoms. The zero-order valence-electron chi connectivity index (χ0n) is 15.8. The maximum absolute atomic E-state index is 12.4. The number of hydrogen-bond donors (Lipinski definition) is 2. The van der Waals surface area contributed by atoms with E-state index in [-0.39, 0.29) is 16.9 Å². The van der Waals surface area contributed by atoms with E-state index in [4.69, 9.17) is 14.2 Å². The van der Waals surface area contributed by atoms with Gasteiger partial charge in [0.15, 0.2) is 11.5 Å². The third-order valence-electron chi connectivity index (χ3n) is 3.80. The van der Waals surface area contributed by atoms with Crippen molar-refractivity contribution in [2.75, 3.05) is 26.6 Å². The molecular weight excluding hydrogens is 382 g/mol. The first kappa shape index (κ1) is 21.0. The number of non-ortho nitro benzene ring substituents is 1. The molecule has 0 saturated heterocycles. The van der Waals surface area contributed by atoms with Crippen LogP contribution >= 0.6 is 0 Å². The number of carbonyl (C=O) groups excluding carboxylic acids is 1. The van der Waals surface area contributed by atoms with Crippen molar-refractivity contribution in [1.29, 1.82) is 5.26 Å². The van der Waals surface area contributed by atoms with E-state index in [0.717, 1.165) is 12.1 Å². The SMILES string of the molecule is COc1cc(/C=C(\C#N)C(=O)Nc2ccc([N+](=O)[O-])cc2O)cc(OC)c1OC. The number of aromatic hydroxyl groups is 1. The molecule has 150 valence electrons. The Kier molecular flexibility index (Phi) is 6.60. The second-order valence-electron chi connectivity index (χ2n) is 5.54. The number of rotatable bonds is 7. The molecule has 0 aliphatic heterocycles. The summed E-state index contributed by atoms with van der Waals surface area (Å²) in [6.45, 7) is 0. The van der Waals surface area contributed by atoms with E-state index in [1.165, 1.54) is 33.5 Å². The normalized spacial score (nSPS) is 10.6. The molecule has 2 aromatic carbocycles. The molecule has 0 bridgehead atoms. The predicted molar refractivity (Wildman–Crippen MR) is 103 cm³/mol. The number of benzene rings is 2. The molecule has 0 heterocycles. The largest absolute Gasteiger partial charge is 0.506 e. The Morgan fingerprint density at radius 2 is 1.79 bits per heavy atom. The second kappa shape index (κ2) is 9.09. The molecule has 29 heavy (non-hydrogen) atoms. The Labute approximate surface area is 165 Å². The number of anilines is 1. The number of amides is 1. The van der Waals surface area contributed by atoms with Crippen LogP contribution in [0.5, 0.6) is 23.0 Å². The van der Waals surface area contributed by atoms with E-state index in [9.17, 15) is 25.3 Å². The smallest absolute Gasteiger partial charge is 0.273 e. The van der Waals surface area contributed by atoms with Crippen LogP contribution in [-0.2, 0) is 4.79 Å². The first-order valence-electron chi connectivity index (χ1n) is 8.05. The summed E-state index contributed by atoms with van der Waals surface area (Å²) in [6.07, 6.45) is 1.29. The molecule has 2 N–H and O–H groups in total. The minimum Gasteiger partial charge on any atom is -0.506 e. The molecule has 0 aliphatic rings. The van der Waals surface area contributed by atoms with Crippen LogP contribution in [-0.4, -0.2) is 37.3 Å². The third kappa shape index (κ3) is 4.72. The standard InChI is InChI=1S/C19H17N3O7/c1-27-16-7-11(8-17(28-2)18(16)29-3)6-12(10-20)19(24)21-14-5-4-13(22(25)26)9-15(14)23/h4-9,23H,1-3H3,(H,21,24)/b12-6+. The fourth-order valence-corrected chi connectivity index (χ4v) is 2.43. The number of methoxy groups -OCH3 is 3. The molecule has 0 aromatic heterocycles. The Hall–Kier alpha value is -4.26. The van der Waals surface area contributed by atoms with E-state index in [1.54, 1.807) is 18.2 Å². The van der Waals surface area contributed by atoms with Gasteiger partial charge in [0.25, 0.3) is 11.6 Å². The highest BCUT2D eigenvalue weighted by molar-refractivity contribution is 6.10. The molecule has 0 saturated carbocycles. The van der Waals surface area contributed by atoms with E-state index in [0.29, 0.717) is 22.8 Å². The van der Waals surface area contributed by atoms with Gasteiger partial charge in [-0.2, -0.15) is 5.26 Å². The van der Waals surface area contributed by atoms with Gasteiger partial charge >= 0.3 is 0 Å². The molecule has 0 atom stereocenters. The highest BCUT2D eigenvalue weighted by Crippen LogP contribution is 2.38. The highest BCUT2D eigenvalue weighted by atomic mass is 16.6. The maximum Gasteiger partial charge on any atom is 0.273 e. The predicted octanol–water partition coefficient (Wildman–Crippen LogP) is 2.87. The van der Waals surface area contributed by atoms with Crippen molar-refractivity contribution in [3.8, 4) is 29.1 Å². The number of phenols is 1. The van der Waals surface area contributed by atoms with Crippen molar-refractivity contribution < 1.29 is 29.0 Å². The van der Waals surface area contributed by atoms with Crippen LogP contribution in [0.15, 0.2) is 35.9 Å². The number of carbonyl (C=O) groups is 1. The quantitative estimate of drug-likeness (QED) is 0.238. The summed E-state index contributed by atoms with van der Waals surface area (Å²) in [5, 5.41) is 32.3. The van der Waals surface area contributed by atoms with Crippen LogP contribution in [0, 0.1) is 21.4 Å². The van der Waals surface area contributed by atoms with Crippen molar-refractivity contribution in [3.63, 3.8) is 0 Å². The van der Waals surface area contributed by atoms with Crippen LogP contribution < -0.4 is 19.5 Å². The lowest BCUT2D eigenvalue weighted by Crippen LogP contribution is -2.13. The Morgan fingerprint density at radius 1 is 1.17 bits per heavy atom. The zero-order valence-corrected chi connectivity index (χ0v) is 15.8. The van der Waals surface area contributed by atoms with Crippen LogP contribution in [0.2, 0.25) is 0 Å². The fraction of sp³-hybridized carbons (Fsp3) is 0.158. The number of ether oxygens (including phenoxy) is 3. The van der Waals surface area contributed by atoms with Gasteiger partial charge in [0.2, 0.25) is 5.75 Å². The van der Waals surface area contributed by atoms with Gasteiger partial charge in [-0.15, -0.1) is 0 Å². The van der Waals surface area contributed by atoms with Gasteiger partial charge in [-0.3, -0.25) is 14.9 Å². The molecule has 0 unspecified atom stereocenters. The molecule has 1 amide bonds. The average Bonchev–Trinajstić information content (AvgIpc) is 2.72. The number of nitrogens with zero attached hydrogens (tertiary/aromatic N) is 2. The molecule has 10 heteroatoms. The van der Waals surface area contributed by atoms with Gasteiger partial charge in [0, 0.05) is 6.07 Å². The lowest BCUT2D eigenvalue weighted by molar-refractivity contribution is -0.384. The summed E-state index contributed by atoms with van der Waals surface area (Å²) in [6, 6.07) is 8.05. The summed E-state index contributed by atoms with van der Waals surface area (Å²) in [4.78, 5) is 22.5. The van der Waals surface area contributed by atoms with E-state index in [1.807, 2.05) is 0 Å². The first-order valence-corrected chi connectivity index (χ1v) is 8.05. The average molecular weight is 399 g/mol. The molecule has 0 aliphatic carbocycles. The number of hydrogen-bond acceptors (Lipinski definition) is 8. The number of nitro groups is 1. The van der Waals surface area contributed by atoms with E-state index < -0.39 is 16.6 Å². The topological polar surface area (TPSA) is 144 Å². The Balaban J connectivity index is 2.36. The summed E-state index contributed by atoms with van der Waals surface area (Å²) in [5.41, 5.74) is -0.267. The minimum atomic E-state index is -0.814. The molecule has 2 aromatic rings. The number of nitriles is 1. The Bertz CT molecular complexity index is 1000.